The summed E-state index contributed by atoms with van der Waals surface area (Å²) >= 11 is 4.81. The van der Waals surface area contributed by atoms with Crippen LogP contribution in [0.2, 0.25) is 0 Å². The average Bonchev–Trinajstić information content (AvgIpc) is 2.94. The molecule has 0 radical (unpaired) electrons. The first-order valence-electron chi connectivity index (χ1n) is 4.80. The second-order valence-corrected chi connectivity index (χ2v) is 4.93. The van der Waals surface area contributed by atoms with Crippen LogP contribution in [0.25, 0.3) is 5.65 Å². The third-order valence-corrected chi connectivity index (χ3v) is 3.28. The molecule has 1 N–H and O–H groups in total. The van der Waals surface area contributed by atoms with E-state index in [0.717, 1.165) is 21.1 Å². The zero-order valence-electron chi connectivity index (χ0n) is 8.54. The standard InChI is InChI=1S/C9H7BrN6S/c10-7-4-16-6(1-12-8(16)3-11-7)2-13-9-15-14-5-17-9/h1,3-5H,2H2,(H,13,15). The molecule has 3 aromatic heterocycles. The number of halogens is 1. The molecule has 0 aliphatic heterocycles. The van der Waals surface area contributed by atoms with Crippen molar-refractivity contribution in [2.24, 2.45) is 0 Å². The molecule has 0 amide bonds. The largest absolute Gasteiger partial charge is 0.354 e. The number of nitrogens with zero attached hydrogens (tertiary/aromatic N) is 5. The lowest BCUT2D eigenvalue weighted by Gasteiger charge is -2.02. The van der Waals surface area contributed by atoms with Crippen LogP contribution in [0.5, 0.6) is 0 Å². The second kappa shape index (κ2) is 4.38. The van der Waals surface area contributed by atoms with Crippen molar-refractivity contribution in [3.8, 4) is 0 Å². The smallest absolute Gasteiger partial charge is 0.205 e. The van der Waals surface area contributed by atoms with Gasteiger partial charge in [0, 0.05) is 6.20 Å². The van der Waals surface area contributed by atoms with Crippen molar-refractivity contribution in [3.63, 3.8) is 0 Å². The highest BCUT2D eigenvalue weighted by molar-refractivity contribution is 9.10. The van der Waals surface area contributed by atoms with Crippen molar-refractivity contribution in [2.45, 2.75) is 6.54 Å². The van der Waals surface area contributed by atoms with Gasteiger partial charge in [0.05, 0.1) is 24.6 Å². The number of hydrogen-bond donors (Lipinski definition) is 1. The molecule has 17 heavy (non-hydrogen) atoms. The lowest BCUT2D eigenvalue weighted by molar-refractivity contribution is 0.970. The molecule has 0 atom stereocenters. The van der Waals surface area contributed by atoms with Gasteiger partial charge in [0.15, 0.2) is 5.65 Å². The molecule has 0 aromatic carbocycles. The van der Waals surface area contributed by atoms with Gasteiger partial charge in [-0.3, -0.25) is 4.40 Å². The number of anilines is 1. The van der Waals surface area contributed by atoms with Gasteiger partial charge in [-0.1, -0.05) is 11.3 Å². The summed E-state index contributed by atoms with van der Waals surface area (Å²) in [6.45, 7) is 0.646. The van der Waals surface area contributed by atoms with Gasteiger partial charge in [-0.15, -0.1) is 10.2 Å². The average molecular weight is 311 g/mol. The van der Waals surface area contributed by atoms with Gasteiger partial charge in [-0.25, -0.2) is 9.97 Å². The van der Waals surface area contributed by atoms with E-state index in [1.807, 2.05) is 16.8 Å². The zero-order chi connectivity index (χ0) is 11.7. The third-order valence-electron chi connectivity index (χ3n) is 2.22. The highest BCUT2D eigenvalue weighted by atomic mass is 79.9. The molecule has 0 spiro atoms. The molecular weight excluding hydrogens is 304 g/mol. The normalized spacial score (nSPS) is 10.9. The van der Waals surface area contributed by atoms with E-state index in [-0.39, 0.29) is 0 Å². The summed E-state index contributed by atoms with van der Waals surface area (Å²) in [5, 5.41) is 11.7. The molecule has 0 saturated heterocycles. The van der Waals surface area contributed by atoms with Crippen LogP contribution in [-0.2, 0) is 6.54 Å². The van der Waals surface area contributed by atoms with Crippen molar-refractivity contribution in [1.29, 1.82) is 0 Å². The Morgan fingerprint density at radius 3 is 3.12 bits per heavy atom. The summed E-state index contributed by atoms with van der Waals surface area (Å²) in [6, 6.07) is 0. The maximum absolute atomic E-state index is 4.27. The Morgan fingerprint density at radius 1 is 1.35 bits per heavy atom. The van der Waals surface area contributed by atoms with Gasteiger partial charge in [0.2, 0.25) is 5.13 Å². The summed E-state index contributed by atoms with van der Waals surface area (Å²) < 4.78 is 2.76. The minimum absolute atomic E-state index is 0.646. The van der Waals surface area contributed by atoms with Crippen LogP contribution in [0.3, 0.4) is 0 Å². The summed E-state index contributed by atoms with van der Waals surface area (Å²) in [7, 11) is 0. The molecule has 8 heteroatoms. The van der Waals surface area contributed by atoms with Crippen molar-refractivity contribution in [1.82, 2.24) is 24.6 Å². The Hall–Kier alpha value is -1.54. The summed E-state index contributed by atoms with van der Waals surface area (Å²) in [5.41, 5.74) is 3.55. The quantitative estimate of drug-likeness (QED) is 0.801. The molecular formula is C9H7BrN6S. The lowest BCUT2D eigenvalue weighted by atomic mass is 10.4. The van der Waals surface area contributed by atoms with Crippen molar-refractivity contribution in [3.05, 3.63) is 34.4 Å². The highest BCUT2D eigenvalue weighted by Gasteiger charge is 2.04. The van der Waals surface area contributed by atoms with E-state index < -0.39 is 0 Å². The van der Waals surface area contributed by atoms with Crippen molar-refractivity contribution < 1.29 is 0 Å². The predicted molar refractivity (Wildman–Crippen MR) is 67.9 cm³/mol. The van der Waals surface area contributed by atoms with Crippen LogP contribution < -0.4 is 5.32 Å². The van der Waals surface area contributed by atoms with E-state index in [1.54, 1.807) is 11.7 Å². The van der Waals surface area contributed by atoms with E-state index in [9.17, 15) is 0 Å². The second-order valence-electron chi connectivity index (χ2n) is 3.29. The summed E-state index contributed by atoms with van der Waals surface area (Å²) in [4.78, 5) is 8.39. The Balaban J connectivity index is 1.87. The fraction of sp³-hybridized carbons (Fsp3) is 0.111. The number of hydrogen-bond acceptors (Lipinski definition) is 6. The van der Waals surface area contributed by atoms with Gasteiger partial charge < -0.3 is 5.32 Å². The third kappa shape index (κ3) is 2.13. The molecule has 0 bridgehead atoms. The number of fused-ring (bicyclic) bond motifs is 1. The first-order chi connectivity index (χ1) is 8.33. The zero-order valence-corrected chi connectivity index (χ0v) is 10.9. The molecule has 3 aromatic rings. The Labute approximate surface area is 109 Å². The molecule has 0 saturated carbocycles. The molecule has 0 aliphatic rings. The number of nitrogens with one attached hydrogen (secondary N) is 1. The fourth-order valence-electron chi connectivity index (χ4n) is 1.46. The lowest BCUT2D eigenvalue weighted by Crippen LogP contribution is -2.02. The SMILES string of the molecule is Brc1cn2c(CNc3nncs3)cnc2cn1. The van der Waals surface area contributed by atoms with E-state index in [0.29, 0.717) is 6.54 Å². The molecule has 3 heterocycles. The van der Waals surface area contributed by atoms with E-state index in [4.69, 9.17) is 0 Å². The Morgan fingerprint density at radius 2 is 2.29 bits per heavy atom. The van der Waals surface area contributed by atoms with Crippen LogP contribution in [0.1, 0.15) is 5.69 Å². The van der Waals surface area contributed by atoms with Crippen LogP contribution in [0, 0.1) is 0 Å². The first kappa shape index (κ1) is 10.6. The monoisotopic (exact) mass is 310 g/mol. The Bertz CT molecular complexity index is 634. The molecule has 86 valence electrons. The van der Waals surface area contributed by atoms with Crippen LogP contribution in [-0.4, -0.2) is 24.6 Å². The molecule has 0 unspecified atom stereocenters. The minimum Gasteiger partial charge on any atom is -0.354 e. The summed E-state index contributed by atoms with van der Waals surface area (Å²) in [5.74, 6) is 0. The van der Waals surface area contributed by atoms with Gasteiger partial charge >= 0.3 is 0 Å². The van der Waals surface area contributed by atoms with Crippen LogP contribution >= 0.6 is 27.3 Å². The molecule has 3 rings (SSSR count). The highest BCUT2D eigenvalue weighted by Crippen LogP contribution is 2.13. The number of aromatic nitrogens is 5. The van der Waals surface area contributed by atoms with E-state index in [2.05, 4.69) is 41.4 Å². The maximum atomic E-state index is 4.27. The topological polar surface area (TPSA) is 68.0 Å². The molecule has 6 nitrogen and oxygen atoms in total. The summed E-state index contributed by atoms with van der Waals surface area (Å²) in [6.07, 6.45) is 5.43. The van der Waals surface area contributed by atoms with Crippen LogP contribution in [0.15, 0.2) is 28.7 Å². The number of rotatable bonds is 3. The maximum Gasteiger partial charge on any atom is 0.205 e. The fourth-order valence-corrected chi connectivity index (χ4v) is 2.21. The van der Waals surface area contributed by atoms with Crippen LogP contribution in [0.4, 0.5) is 5.13 Å². The van der Waals surface area contributed by atoms with E-state index >= 15 is 0 Å². The van der Waals surface area contributed by atoms with Crippen molar-refractivity contribution >= 4 is 38.0 Å². The van der Waals surface area contributed by atoms with Gasteiger partial charge in [-0.2, -0.15) is 0 Å². The molecule has 0 aliphatic carbocycles. The van der Waals surface area contributed by atoms with Crippen molar-refractivity contribution in [2.75, 3.05) is 5.32 Å². The first-order valence-corrected chi connectivity index (χ1v) is 6.48. The van der Waals surface area contributed by atoms with Gasteiger partial charge in [-0.05, 0) is 15.9 Å². The molecule has 0 fully saturated rings. The predicted octanol–water partition coefficient (Wildman–Crippen LogP) is 1.96. The van der Waals surface area contributed by atoms with Gasteiger partial charge in [0.25, 0.3) is 0 Å². The Kier molecular flexibility index (Phi) is 2.73. The number of imidazole rings is 1. The van der Waals surface area contributed by atoms with E-state index in [1.165, 1.54) is 11.3 Å². The minimum atomic E-state index is 0.646. The van der Waals surface area contributed by atoms with Gasteiger partial charge in [0.1, 0.15) is 10.1 Å².